The van der Waals surface area contributed by atoms with Gasteiger partial charge in [0.2, 0.25) is 11.8 Å². The lowest BCUT2D eigenvalue weighted by atomic mass is 9.90. The first-order valence-corrected chi connectivity index (χ1v) is 6.90. The van der Waals surface area contributed by atoms with Gasteiger partial charge in [-0.1, -0.05) is 13.3 Å². The van der Waals surface area contributed by atoms with Crippen LogP contribution < -0.4 is 10.6 Å². The highest BCUT2D eigenvalue weighted by Crippen LogP contribution is 2.25. The van der Waals surface area contributed by atoms with E-state index in [1.54, 1.807) is 11.9 Å². The van der Waals surface area contributed by atoms with Crippen molar-refractivity contribution in [1.29, 1.82) is 0 Å². The molecule has 0 aromatic carbocycles. The quantitative estimate of drug-likeness (QED) is 0.755. The van der Waals surface area contributed by atoms with E-state index in [1.165, 1.54) is 0 Å². The van der Waals surface area contributed by atoms with Crippen LogP contribution in [0, 0.1) is 0 Å². The molecule has 2 heterocycles. The predicted molar refractivity (Wildman–Crippen MR) is 69.1 cm³/mol. The fourth-order valence-electron chi connectivity index (χ4n) is 3.01. The molecule has 102 valence electrons. The van der Waals surface area contributed by atoms with Gasteiger partial charge >= 0.3 is 0 Å². The van der Waals surface area contributed by atoms with Crippen LogP contribution in [-0.4, -0.2) is 48.4 Å². The number of carbonyl (C=O) groups is 2. The maximum atomic E-state index is 12.4. The molecular formula is C13H23N3O2. The van der Waals surface area contributed by atoms with Gasteiger partial charge in [-0.05, 0) is 32.2 Å². The fraction of sp³-hybridized carbons (Fsp3) is 0.846. The first kappa shape index (κ1) is 13.3. The fourth-order valence-corrected chi connectivity index (χ4v) is 3.01. The number of hydrogen-bond donors (Lipinski definition) is 2. The topological polar surface area (TPSA) is 61.4 Å². The van der Waals surface area contributed by atoms with Crippen LogP contribution in [0.1, 0.15) is 39.0 Å². The minimum absolute atomic E-state index is 0.00972. The van der Waals surface area contributed by atoms with Crippen molar-refractivity contribution in [2.45, 2.75) is 50.6 Å². The molecule has 2 fully saturated rings. The summed E-state index contributed by atoms with van der Waals surface area (Å²) in [6.07, 6.45) is 4.45. The van der Waals surface area contributed by atoms with E-state index in [-0.39, 0.29) is 17.9 Å². The van der Waals surface area contributed by atoms with Gasteiger partial charge in [0.25, 0.3) is 0 Å². The van der Waals surface area contributed by atoms with Crippen LogP contribution in [0.4, 0.5) is 0 Å². The number of carbonyl (C=O) groups excluding carboxylic acids is 2. The van der Waals surface area contributed by atoms with E-state index in [0.717, 1.165) is 45.2 Å². The Labute approximate surface area is 108 Å². The maximum Gasteiger partial charge on any atom is 0.244 e. The van der Waals surface area contributed by atoms with Gasteiger partial charge < -0.3 is 15.5 Å². The van der Waals surface area contributed by atoms with Crippen molar-refractivity contribution >= 4 is 11.8 Å². The smallest absolute Gasteiger partial charge is 0.244 e. The second kappa shape index (κ2) is 5.26. The summed E-state index contributed by atoms with van der Waals surface area (Å²) in [7, 11) is 1.78. The average Bonchev–Trinajstić information content (AvgIpc) is 2.93. The third-order valence-corrected chi connectivity index (χ3v) is 4.09. The molecule has 5 heteroatoms. The molecule has 0 spiro atoms. The Morgan fingerprint density at radius 1 is 1.61 bits per heavy atom. The van der Waals surface area contributed by atoms with Gasteiger partial charge in [0, 0.05) is 13.6 Å². The average molecular weight is 253 g/mol. The number of hydrogen-bond acceptors (Lipinski definition) is 3. The summed E-state index contributed by atoms with van der Waals surface area (Å²) in [4.78, 5) is 25.9. The van der Waals surface area contributed by atoms with Crippen LogP contribution >= 0.6 is 0 Å². The first-order chi connectivity index (χ1) is 8.59. The standard InChI is InChI=1S/C13H23N3O2/c1-3-6-13(7-4-8-14-13)12(18)15-10-5-9-16(2)11(10)17/h10,14H,3-9H2,1-2H3,(H,15,18). The van der Waals surface area contributed by atoms with Crippen LogP contribution in [-0.2, 0) is 9.59 Å². The predicted octanol–water partition coefficient (Wildman–Crippen LogP) is 0.256. The molecule has 18 heavy (non-hydrogen) atoms. The monoisotopic (exact) mass is 253 g/mol. The van der Waals surface area contributed by atoms with Gasteiger partial charge in [-0.15, -0.1) is 0 Å². The molecule has 2 rings (SSSR count). The summed E-state index contributed by atoms with van der Waals surface area (Å²) in [6, 6.07) is -0.321. The third kappa shape index (κ3) is 2.36. The molecule has 0 aromatic heterocycles. The maximum absolute atomic E-state index is 12.4. The normalized spacial score (nSPS) is 32.0. The number of likely N-dealkylation sites (tertiary alicyclic amines) is 1. The highest BCUT2D eigenvalue weighted by atomic mass is 16.2. The molecule has 0 radical (unpaired) electrons. The van der Waals surface area contributed by atoms with Gasteiger partial charge in [0.05, 0.1) is 5.54 Å². The van der Waals surface area contributed by atoms with E-state index in [1.807, 2.05) is 0 Å². The Morgan fingerprint density at radius 3 is 2.89 bits per heavy atom. The van der Waals surface area contributed by atoms with Crippen molar-refractivity contribution in [3.8, 4) is 0 Å². The number of rotatable bonds is 4. The van der Waals surface area contributed by atoms with Gasteiger partial charge in [0.15, 0.2) is 0 Å². The Balaban J connectivity index is 2.00. The summed E-state index contributed by atoms with van der Waals surface area (Å²) >= 11 is 0. The zero-order chi connectivity index (χ0) is 13.2. The molecule has 2 unspecified atom stereocenters. The second-order valence-electron chi connectivity index (χ2n) is 5.44. The highest BCUT2D eigenvalue weighted by molar-refractivity contribution is 5.93. The summed E-state index contributed by atoms with van der Waals surface area (Å²) in [5.41, 5.74) is -0.434. The lowest BCUT2D eigenvalue weighted by Crippen LogP contribution is -2.56. The van der Waals surface area contributed by atoms with Crippen LogP contribution in [0.3, 0.4) is 0 Å². The van der Waals surface area contributed by atoms with Crippen LogP contribution in [0.2, 0.25) is 0 Å². The molecular weight excluding hydrogens is 230 g/mol. The Hall–Kier alpha value is -1.10. The molecule has 0 saturated carbocycles. The minimum atomic E-state index is -0.434. The molecule has 2 aliphatic heterocycles. The Bertz CT molecular complexity index is 337. The van der Waals surface area contributed by atoms with Crippen molar-refractivity contribution < 1.29 is 9.59 Å². The zero-order valence-electron chi connectivity index (χ0n) is 11.3. The molecule has 0 aliphatic carbocycles. The molecule has 2 N–H and O–H groups in total. The van der Waals surface area contributed by atoms with Crippen LogP contribution in [0.15, 0.2) is 0 Å². The number of nitrogens with one attached hydrogen (secondary N) is 2. The summed E-state index contributed by atoms with van der Waals surface area (Å²) in [6.45, 7) is 3.72. The third-order valence-electron chi connectivity index (χ3n) is 4.09. The minimum Gasteiger partial charge on any atom is -0.344 e. The highest BCUT2D eigenvalue weighted by Gasteiger charge is 2.42. The lowest BCUT2D eigenvalue weighted by Gasteiger charge is -2.29. The molecule has 2 saturated heterocycles. The van der Waals surface area contributed by atoms with E-state index in [0.29, 0.717) is 0 Å². The van der Waals surface area contributed by atoms with Gasteiger partial charge in [0.1, 0.15) is 6.04 Å². The van der Waals surface area contributed by atoms with E-state index >= 15 is 0 Å². The molecule has 2 amide bonds. The zero-order valence-corrected chi connectivity index (χ0v) is 11.3. The number of nitrogens with zero attached hydrogens (tertiary/aromatic N) is 1. The SMILES string of the molecule is CCCC1(C(=O)NC2CCN(C)C2=O)CCCN1. The van der Waals surface area contributed by atoms with Crippen molar-refractivity contribution in [2.75, 3.05) is 20.1 Å². The van der Waals surface area contributed by atoms with Gasteiger partial charge in [-0.2, -0.15) is 0 Å². The molecule has 0 bridgehead atoms. The van der Waals surface area contributed by atoms with Crippen molar-refractivity contribution in [3.05, 3.63) is 0 Å². The Kier molecular flexibility index (Phi) is 3.90. The summed E-state index contributed by atoms with van der Waals surface area (Å²) in [5, 5.41) is 6.27. The molecule has 2 aliphatic rings. The van der Waals surface area contributed by atoms with Crippen molar-refractivity contribution in [2.24, 2.45) is 0 Å². The van der Waals surface area contributed by atoms with Gasteiger partial charge in [-0.25, -0.2) is 0 Å². The van der Waals surface area contributed by atoms with Crippen LogP contribution in [0.5, 0.6) is 0 Å². The largest absolute Gasteiger partial charge is 0.344 e. The van der Waals surface area contributed by atoms with Crippen molar-refractivity contribution in [3.63, 3.8) is 0 Å². The molecule has 5 nitrogen and oxygen atoms in total. The van der Waals surface area contributed by atoms with Crippen molar-refractivity contribution in [1.82, 2.24) is 15.5 Å². The second-order valence-corrected chi connectivity index (χ2v) is 5.44. The molecule has 0 aromatic rings. The molecule has 2 atom stereocenters. The first-order valence-electron chi connectivity index (χ1n) is 6.90. The number of likely N-dealkylation sites (N-methyl/N-ethyl adjacent to an activating group) is 1. The van der Waals surface area contributed by atoms with E-state index in [9.17, 15) is 9.59 Å². The number of amides is 2. The van der Waals surface area contributed by atoms with E-state index in [4.69, 9.17) is 0 Å². The lowest BCUT2D eigenvalue weighted by molar-refractivity contribution is -0.134. The van der Waals surface area contributed by atoms with E-state index < -0.39 is 5.54 Å². The summed E-state index contributed by atoms with van der Waals surface area (Å²) < 4.78 is 0. The van der Waals surface area contributed by atoms with Crippen LogP contribution in [0.25, 0.3) is 0 Å². The van der Waals surface area contributed by atoms with E-state index in [2.05, 4.69) is 17.6 Å². The van der Waals surface area contributed by atoms with Gasteiger partial charge in [-0.3, -0.25) is 9.59 Å². The summed E-state index contributed by atoms with van der Waals surface area (Å²) in [5.74, 6) is 0.0449. The Morgan fingerprint density at radius 2 is 2.39 bits per heavy atom.